The van der Waals surface area contributed by atoms with Gasteiger partial charge in [-0.15, -0.1) is 0 Å². The van der Waals surface area contributed by atoms with Gasteiger partial charge in [-0.2, -0.15) is 5.10 Å². The van der Waals surface area contributed by atoms with E-state index < -0.39 is 0 Å². The Morgan fingerprint density at radius 1 is 1.43 bits per heavy atom. The molecule has 2 rings (SSSR count). The first kappa shape index (κ1) is 9.06. The van der Waals surface area contributed by atoms with Gasteiger partial charge in [0, 0.05) is 7.05 Å². The van der Waals surface area contributed by atoms with Crippen molar-refractivity contribution in [2.75, 3.05) is 6.61 Å². The number of hydrogen-bond donors (Lipinski definition) is 0. The van der Waals surface area contributed by atoms with Gasteiger partial charge in [-0.3, -0.25) is 4.68 Å². The highest BCUT2D eigenvalue weighted by Gasteiger charge is 2.09. The van der Waals surface area contributed by atoms with Crippen molar-refractivity contribution < 1.29 is 4.74 Å². The molecule has 0 bridgehead atoms. The summed E-state index contributed by atoms with van der Waals surface area (Å²) in [6, 6.07) is 6.03. The minimum absolute atomic E-state index is 0.688. The first-order valence-electron chi connectivity index (χ1n) is 4.79. The summed E-state index contributed by atoms with van der Waals surface area (Å²) >= 11 is 0. The number of fused-ring (bicyclic) bond motifs is 1. The molecule has 0 unspecified atom stereocenters. The Morgan fingerprint density at radius 3 is 2.93 bits per heavy atom. The number of aryl methyl sites for hydroxylation is 2. The van der Waals surface area contributed by atoms with Crippen LogP contribution in [-0.4, -0.2) is 16.4 Å². The molecule has 0 atom stereocenters. The highest BCUT2D eigenvalue weighted by molar-refractivity contribution is 5.88. The van der Waals surface area contributed by atoms with Crippen LogP contribution in [-0.2, 0) is 7.05 Å². The lowest BCUT2D eigenvalue weighted by molar-refractivity contribution is 0.344. The zero-order chi connectivity index (χ0) is 10.1. The molecule has 1 heterocycles. The van der Waals surface area contributed by atoms with Crippen molar-refractivity contribution in [3.8, 4) is 5.75 Å². The van der Waals surface area contributed by atoms with E-state index in [0.29, 0.717) is 6.61 Å². The topological polar surface area (TPSA) is 27.1 Å². The molecule has 1 aromatic carbocycles. The third kappa shape index (κ3) is 1.25. The van der Waals surface area contributed by atoms with Crippen LogP contribution in [0.3, 0.4) is 0 Å². The molecule has 3 nitrogen and oxygen atoms in total. The van der Waals surface area contributed by atoms with Crippen LogP contribution in [0.25, 0.3) is 10.9 Å². The fourth-order valence-electron chi connectivity index (χ4n) is 1.76. The summed E-state index contributed by atoms with van der Waals surface area (Å²) < 4.78 is 7.44. The number of nitrogens with zero attached hydrogens (tertiary/aromatic N) is 2. The van der Waals surface area contributed by atoms with Gasteiger partial charge >= 0.3 is 0 Å². The standard InChI is InChI=1S/C11H14N2O/c1-4-14-10-7-5-6-9-11(10)8(2)12-13(9)3/h5-7H,4H2,1-3H3. The lowest BCUT2D eigenvalue weighted by Crippen LogP contribution is -1.92. The van der Waals surface area contributed by atoms with Crippen molar-refractivity contribution in [3.05, 3.63) is 23.9 Å². The van der Waals surface area contributed by atoms with Gasteiger partial charge in [-0.25, -0.2) is 0 Å². The SMILES string of the molecule is CCOc1cccc2c1c(C)nn2C. The van der Waals surface area contributed by atoms with Gasteiger partial charge in [0.05, 0.1) is 23.2 Å². The van der Waals surface area contributed by atoms with Gasteiger partial charge in [0.15, 0.2) is 0 Å². The van der Waals surface area contributed by atoms with E-state index >= 15 is 0 Å². The minimum Gasteiger partial charge on any atom is -0.493 e. The molecule has 0 radical (unpaired) electrons. The Labute approximate surface area is 83.3 Å². The average Bonchev–Trinajstić information content (AvgIpc) is 2.44. The first-order valence-corrected chi connectivity index (χ1v) is 4.79. The van der Waals surface area contributed by atoms with Gasteiger partial charge < -0.3 is 4.74 Å². The van der Waals surface area contributed by atoms with E-state index in [-0.39, 0.29) is 0 Å². The fraction of sp³-hybridized carbons (Fsp3) is 0.364. The third-order valence-corrected chi connectivity index (χ3v) is 2.31. The van der Waals surface area contributed by atoms with Crippen LogP contribution in [0.2, 0.25) is 0 Å². The Kier molecular flexibility index (Phi) is 2.15. The van der Waals surface area contributed by atoms with E-state index in [9.17, 15) is 0 Å². The zero-order valence-electron chi connectivity index (χ0n) is 8.74. The van der Waals surface area contributed by atoms with Gasteiger partial charge in [-0.05, 0) is 26.0 Å². The maximum Gasteiger partial charge on any atom is 0.130 e. The summed E-state index contributed by atoms with van der Waals surface area (Å²) in [6.07, 6.45) is 0. The second kappa shape index (κ2) is 3.33. The molecular weight excluding hydrogens is 176 g/mol. The van der Waals surface area contributed by atoms with Crippen LogP contribution in [0, 0.1) is 6.92 Å². The van der Waals surface area contributed by atoms with E-state index in [0.717, 1.165) is 22.3 Å². The summed E-state index contributed by atoms with van der Waals surface area (Å²) in [5, 5.41) is 5.49. The molecular formula is C11H14N2O. The molecule has 0 fully saturated rings. The number of rotatable bonds is 2. The van der Waals surface area contributed by atoms with Crippen LogP contribution in [0.15, 0.2) is 18.2 Å². The number of aromatic nitrogens is 2. The molecule has 74 valence electrons. The minimum atomic E-state index is 0.688. The molecule has 0 saturated carbocycles. The predicted octanol–water partition coefficient (Wildman–Crippen LogP) is 2.28. The molecule has 2 aromatic rings. The molecule has 3 heteroatoms. The molecule has 0 amide bonds. The maximum atomic E-state index is 5.56. The zero-order valence-corrected chi connectivity index (χ0v) is 8.74. The summed E-state index contributed by atoms with van der Waals surface area (Å²) in [7, 11) is 1.95. The highest BCUT2D eigenvalue weighted by Crippen LogP contribution is 2.27. The largest absolute Gasteiger partial charge is 0.493 e. The summed E-state index contributed by atoms with van der Waals surface area (Å²) in [6.45, 7) is 4.68. The molecule has 14 heavy (non-hydrogen) atoms. The summed E-state index contributed by atoms with van der Waals surface area (Å²) in [5.74, 6) is 0.926. The van der Waals surface area contributed by atoms with E-state index in [1.165, 1.54) is 0 Å². The van der Waals surface area contributed by atoms with E-state index in [4.69, 9.17) is 4.74 Å². The van der Waals surface area contributed by atoms with Crippen molar-refractivity contribution >= 4 is 10.9 Å². The molecule has 0 aliphatic carbocycles. The van der Waals surface area contributed by atoms with E-state index in [1.807, 2.05) is 37.7 Å². The van der Waals surface area contributed by atoms with Crippen LogP contribution in [0.5, 0.6) is 5.75 Å². The van der Waals surface area contributed by atoms with Crippen molar-refractivity contribution in [1.82, 2.24) is 9.78 Å². The Hall–Kier alpha value is -1.51. The van der Waals surface area contributed by atoms with Crippen molar-refractivity contribution in [2.45, 2.75) is 13.8 Å². The summed E-state index contributed by atoms with van der Waals surface area (Å²) in [5.41, 5.74) is 2.14. The van der Waals surface area contributed by atoms with Gasteiger partial charge in [-0.1, -0.05) is 6.07 Å². The molecule has 0 N–H and O–H groups in total. The molecule has 0 spiro atoms. The van der Waals surface area contributed by atoms with Gasteiger partial charge in [0.1, 0.15) is 5.75 Å². The summed E-state index contributed by atoms with van der Waals surface area (Å²) in [4.78, 5) is 0. The van der Waals surface area contributed by atoms with Crippen molar-refractivity contribution in [2.24, 2.45) is 7.05 Å². The highest BCUT2D eigenvalue weighted by atomic mass is 16.5. The van der Waals surface area contributed by atoms with Crippen molar-refractivity contribution in [1.29, 1.82) is 0 Å². The quantitative estimate of drug-likeness (QED) is 0.726. The Morgan fingerprint density at radius 2 is 2.21 bits per heavy atom. The lowest BCUT2D eigenvalue weighted by Gasteiger charge is -2.04. The number of benzene rings is 1. The fourth-order valence-corrected chi connectivity index (χ4v) is 1.76. The van der Waals surface area contributed by atoms with Crippen LogP contribution in [0.1, 0.15) is 12.6 Å². The maximum absolute atomic E-state index is 5.56. The monoisotopic (exact) mass is 190 g/mol. The molecule has 0 aliphatic heterocycles. The normalized spacial score (nSPS) is 10.8. The Bertz CT molecular complexity index is 460. The van der Waals surface area contributed by atoms with Gasteiger partial charge in [0.2, 0.25) is 0 Å². The van der Waals surface area contributed by atoms with Crippen LogP contribution >= 0.6 is 0 Å². The smallest absolute Gasteiger partial charge is 0.130 e. The molecule has 0 aliphatic rings. The second-order valence-electron chi connectivity index (χ2n) is 3.29. The lowest BCUT2D eigenvalue weighted by atomic mass is 10.2. The third-order valence-electron chi connectivity index (χ3n) is 2.31. The average molecular weight is 190 g/mol. The van der Waals surface area contributed by atoms with Crippen LogP contribution in [0.4, 0.5) is 0 Å². The van der Waals surface area contributed by atoms with Crippen molar-refractivity contribution in [3.63, 3.8) is 0 Å². The first-order chi connectivity index (χ1) is 6.74. The van der Waals surface area contributed by atoms with Crippen LogP contribution < -0.4 is 4.74 Å². The predicted molar refractivity (Wildman–Crippen MR) is 56.6 cm³/mol. The van der Waals surface area contributed by atoms with Gasteiger partial charge in [0.25, 0.3) is 0 Å². The van der Waals surface area contributed by atoms with E-state index in [2.05, 4.69) is 11.2 Å². The number of hydrogen-bond acceptors (Lipinski definition) is 2. The Balaban J connectivity index is 2.72. The second-order valence-corrected chi connectivity index (χ2v) is 3.29. The molecule has 1 aromatic heterocycles. The molecule has 0 saturated heterocycles. The number of ether oxygens (including phenoxy) is 1. The van der Waals surface area contributed by atoms with E-state index in [1.54, 1.807) is 0 Å².